The maximum atomic E-state index is 11.6. The van der Waals surface area contributed by atoms with Gasteiger partial charge in [-0.15, -0.1) is 0 Å². The van der Waals surface area contributed by atoms with Gasteiger partial charge in [-0.2, -0.15) is 5.10 Å². The van der Waals surface area contributed by atoms with E-state index in [0.717, 1.165) is 19.0 Å². The lowest BCUT2D eigenvalue weighted by Gasteiger charge is -2.39. The molecule has 1 aliphatic heterocycles. The number of rotatable bonds is 4. The van der Waals surface area contributed by atoms with Gasteiger partial charge in [0, 0.05) is 43.7 Å². The molecule has 0 amide bonds. The van der Waals surface area contributed by atoms with Crippen molar-refractivity contribution in [2.24, 2.45) is 5.92 Å². The molecule has 1 saturated carbocycles. The topological polar surface area (TPSA) is 63.9 Å². The summed E-state index contributed by atoms with van der Waals surface area (Å²) < 4.78 is 1.53. The zero-order valence-corrected chi connectivity index (χ0v) is 11.7. The van der Waals surface area contributed by atoms with Crippen molar-refractivity contribution in [3.8, 4) is 0 Å². The Labute approximate surface area is 122 Å². The Morgan fingerprint density at radius 1 is 1.19 bits per heavy atom. The maximum Gasteiger partial charge on any atom is 0.266 e. The van der Waals surface area contributed by atoms with E-state index < -0.39 is 0 Å². The number of nitrogens with zero attached hydrogens (tertiary/aromatic N) is 5. The summed E-state index contributed by atoms with van der Waals surface area (Å²) in [5.74, 6) is 1.92. The molecule has 2 aromatic rings. The molecule has 6 nitrogen and oxygen atoms in total. The van der Waals surface area contributed by atoms with Crippen molar-refractivity contribution < 1.29 is 0 Å². The highest BCUT2D eigenvalue weighted by atomic mass is 16.1. The van der Waals surface area contributed by atoms with Gasteiger partial charge in [-0.05, 0) is 30.4 Å². The van der Waals surface area contributed by atoms with Crippen molar-refractivity contribution in [1.29, 1.82) is 0 Å². The first-order valence-electron chi connectivity index (χ1n) is 7.38. The Morgan fingerprint density at radius 3 is 2.62 bits per heavy atom. The first-order valence-corrected chi connectivity index (χ1v) is 7.38. The molecule has 0 aromatic carbocycles. The van der Waals surface area contributed by atoms with Crippen molar-refractivity contribution >= 4 is 5.95 Å². The molecule has 0 atom stereocenters. The highest BCUT2D eigenvalue weighted by molar-refractivity contribution is 5.35. The predicted octanol–water partition coefficient (Wildman–Crippen LogP) is 1.05. The largest absolute Gasteiger partial charge is 0.340 e. The number of anilines is 1. The average molecular weight is 283 g/mol. The van der Waals surface area contributed by atoms with E-state index in [2.05, 4.69) is 20.0 Å². The second-order valence-electron chi connectivity index (χ2n) is 5.91. The van der Waals surface area contributed by atoms with Crippen LogP contribution in [0.5, 0.6) is 0 Å². The van der Waals surface area contributed by atoms with Gasteiger partial charge in [-0.3, -0.25) is 4.79 Å². The van der Waals surface area contributed by atoms with Gasteiger partial charge in [0.1, 0.15) is 0 Å². The minimum atomic E-state index is -0.0408. The van der Waals surface area contributed by atoms with Gasteiger partial charge in [0.15, 0.2) is 0 Å². The van der Waals surface area contributed by atoms with Crippen LogP contribution in [0.15, 0.2) is 35.5 Å². The molecule has 0 bridgehead atoms. The Kier molecular flexibility index (Phi) is 2.94. The van der Waals surface area contributed by atoms with E-state index in [1.165, 1.54) is 23.1 Å². The lowest BCUT2D eigenvalue weighted by atomic mass is 10.0. The van der Waals surface area contributed by atoms with Crippen LogP contribution in [-0.2, 0) is 6.54 Å². The maximum absolute atomic E-state index is 11.6. The van der Waals surface area contributed by atoms with E-state index >= 15 is 0 Å². The molecule has 0 unspecified atom stereocenters. The fraction of sp³-hybridized carbons (Fsp3) is 0.467. The van der Waals surface area contributed by atoms with Gasteiger partial charge in [-0.25, -0.2) is 14.6 Å². The molecule has 4 rings (SSSR count). The summed E-state index contributed by atoms with van der Waals surface area (Å²) in [6.45, 7) is 2.42. The van der Waals surface area contributed by atoms with Crippen LogP contribution in [0.2, 0.25) is 0 Å². The normalized spacial score (nSPS) is 18.6. The van der Waals surface area contributed by atoms with Crippen LogP contribution in [0, 0.1) is 5.92 Å². The lowest BCUT2D eigenvalue weighted by molar-refractivity contribution is 0.331. The van der Waals surface area contributed by atoms with Crippen LogP contribution in [-0.4, -0.2) is 32.8 Å². The SMILES string of the molecule is O=c1cccnn1CC1CN(c2ncc(C3CC3)cn2)C1. The second-order valence-corrected chi connectivity index (χ2v) is 5.91. The Bertz CT molecular complexity index is 686. The number of aromatic nitrogens is 4. The van der Waals surface area contributed by atoms with Crippen LogP contribution in [0.4, 0.5) is 5.95 Å². The quantitative estimate of drug-likeness (QED) is 0.839. The van der Waals surface area contributed by atoms with Crippen LogP contribution in [0.1, 0.15) is 24.3 Å². The molecule has 0 radical (unpaired) electrons. The summed E-state index contributed by atoms with van der Waals surface area (Å²) in [6, 6.07) is 3.21. The third-order valence-corrected chi connectivity index (χ3v) is 4.16. The van der Waals surface area contributed by atoms with E-state index in [1.54, 1.807) is 18.3 Å². The molecular weight excluding hydrogens is 266 g/mol. The van der Waals surface area contributed by atoms with Gasteiger partial charge in [-0.1, -0.05) is 0 Å². The zero-order chi connectivity index (χ0) is 14.2. The van der Waals surface area contributed by atoms with Crippen LogP contribution in [0.3, 0.4) is 0 Å². The van der Waals surface area contributed by atoms with E-state index in [-0.39, 0.29) is 5.56 Å². The summed E-state index contributed by atoms with van der Waals surface area (Å²) in [7, 11) is 0. The third kappa shape index (κ3) is 2.53. The molecule has 2 fully saturated rings. The fourth-order valence-electron chi connectivity index (χ4n) is 2.74. The van der Waals surface area contributed by atoms with Crippen molar-refractivity contribution in [2.45, 2.75) is 25.3 Å². The minimum Gasteiger partial charge on any atom is -0.340 e. The van der Waals surface area contributed by atoms with Crippen molar-refractivity contribution in [2.75, 3.05) is 18.0 Å². The van der Waals surface area contributed by atoms with Gasteiger partial charge in [0.2, 0.25) is 5.95 Å². The number of hydrogen-bond acceptors (Lipinski definition) is 5. The smallest absolute Gasteiger partial charge is 0.266 e. The molecule has 2 aliphatic rings. The first-order chi connectivity index (χ1) is 10.3. The molecule has 1 saturated heterocycles. The minimum absolute atomic E-state index is 0.0408. The molecule has 1 aliphatic carbocycles. The molecule has 21 heavy (non-hydrogen) atoms. The van der Waals surface area contributed by atoms with Crippen LogP contribution >= 0.6 is 0 Å². The third-order valence-electron chi connectivity index (χ3n) is 4.16. The Balaban J connectivity index is 1.36. The number of hydrogen-bond donors (Lipinski definition) is 0. The summed E-state index contributed by atoms with van der Waals surface area (Å²) in [5, 5.41) is 4.09. The monoisotopic (exact) mass is 283 g/mol. The molecule has 0 spiro atoms. The van der Waals surface area contributed by atoms with E-state index in [0.29, 0.717) is 18.4 Å². The standard InChI is InChI=1S/C15H17N5O/c21-14-2-1-5-18-20(14)10-11-8-19(9-11)15-16-6-13(7-17-15)12-3-4-12/h1-2,5-7,11-12H,3-4,8-10H2. The molecular formula is C15H17N5O. The van der Waals surface area contributed by atoms with E-state index in [1.807, 2.05) is 12.4 Å². The highest BCUT2D eigenvalue weighted by Crippen LogP contribution is 2.39. The van der Waals surface area contributed by atoms with E-state index in [4.69, 9.17) is 0 Å². The molecule has 2 aromatic heterocycles. The average Bonchev–Trinajstić information content (AvgIpc) is 3.29. The lowest BCUT2D eigenvalue weighted by Crippen LogP contribution is -2.50. The first kappa shape index (κ1) is 12.5. The zero-order valence-electron chi connectivity index (χ0n) is 11.7. The summed E-state index contributed by atoms with van der Waals surface area (Å²) in [6.07, 6.45) is 8.10. The van der Waals surface area contributed by atoms with Gasteiger partial charge < -0.3 is 4.90 Å². The predicted molar refractivity (Wildman–Crippen MR) is 78.2 cm³/mol. The summed E-state index contributed by atoms with van der Waals surface area (Å²) >= 11 is 0. The summed E-state index contributed by atoms with van der Waals surface area (Å²) in [4.78, 5) is 22.7. The highest BCUT2D eigenvalue weighted by Gasteiger charge is 2.30. The van der Waals surface area contributed by atoms with Crippen molar-refractivity contribution in [1.82, 2.24) is 19.7 Å². The van der Waals surface area contributed by atoms with Crippen LogP contribution in [0.25, 0.3) is 0 Å². The molecule has 108 valence electrons. The van der Waals surface area contributed by atoms with Gasteiger partial charge >= 0.3 is 0 Å². The van der Waals surface area contributed by atoms with Crippen LogP contribution < -0.4 is 10.5 Å². The summed E-state index contributed by atoms with van der Waals surface area (Å²) in [5.41, 5.74) is 1.22. The van der Waals surface area contributed by atoms with Gasteiger partial charge in [0.05, 0.1) is 6.54 Å². The van der Waals surface area contributed by atoms with Crippen molar-refractivity contribution in [3.63, 3.8) is 0 Å². The van der Waals surface area contributed by atoms with Crippen molar-refractivity contribution in [3.05, 3.63) is 46.6 Å². The fourth-order valence-corrected chi connectivity index (χ4v) is 2.74. The van der Waals surface area contributed by atoms with E-state index in [9.17, 15) is 4.79 Å². The molecule has 3 heterocycles. The molecule has 0 N–H and O–H groups in total. The van der Waals surface area contributed by atoms with Gasteiger partial charge in [0.25, 0.3) is 5.56 Å². The Morgan fingerprint density at radius 2 is 1.95 bits per heavy atom. The molecule has 6 heteroatoms. The second kappa shape index (κ2) is 4.95. The Hall–Kier alpha value is -2.24.